The lowest BCUT2D eigenvalue weighted by Gasteiger charge is -2.16. The molecular formula is C24H24N2O6. The van der Waals surface area contributed by atoms with Gasteiger partial charge in [-0.25, -0.2) is 14.5 Å². The summed E-state index contributed by atoms with van der Waals surface area (Å²) in [4.78, 5) is 50.0. The highest BCUT2D eigenvalue weighted by Gasteiger charge is 2.32. The van der Waals surface area contributed by atoms with E-state index in [1.54, 1.807) is 24.3 Å². The summed E-state index contributed by atoms with van der Waals surface area (Å²) in [5.41, 5.74) is 1.72. The molecule has 0 fully saturated rings. The fourth-order valence-corrected chi connectivity index (χ4v) is 2.95. The molecule has 0 saturated heterocycles. The third kappa shape index (κ3) is 5.21. The molecule has 1 aliphatic heterocycles. The molecule has 0 bridgehead atoms. The number of benzene rings is 2. The number of carbonyl (C=O) groups is 4. The molecular weight excluding hydrogens is 412 g/mol. The first kappa shape index (κ1) is 22.7. The molecule has 0 radical (unpaired) electrons. The van der Waals surface area contributed by atoms with Crippen molar-refractivity contribution >= 4 is 35.1 Å². The van der Waals surface area contributed by atoms with Crippen LogP contribution in [0.4, 0.5) is 11.4 Å². The predicted octanol–water partition coefficient (Wildman–Crippen LogP) is 3.69. The minimum absolute atomic E-state index is 0.0998. The van der Waals surface area contributed by atoms with Crippen molar-refractivity contribution in [2.24, 2.45) is 0 Å². The van der Waals surface area contributed by atoms with E-state index in [0.29, 0.717) is 42.1 Å². The van der Waals surface area contributed by atoms with Crippen molar-refractivity contribution in [2.45, 2.75) is 26.7 Å². The largest absolute Gasteiger partial charge is 0.462 e. The van der Waals surface area contributed by atoms with Crippen LogP contribution in [0.15, 0.2) is 60.3 Å². The number of rotatable bonds is 9. The van der Waals surface area contributed by atoms with Crippen LogP contribution in [0.1, 0.15) is 47.4 Å². The molecule has 8 nitrogen and oxygen atoms in total. The number of imide groups is 1. The van der Waals surface area contributed by atoms with Crippen LogP contribution in [-0.2, 0) is 19.1 Å². The van der Waals surface area contributed by atoms with Gasteiger partial charge in [0.15, 0.2) is 0 Å². The summed E-state index contributed by atoms with van der Waals surface area (Å²) in [7, 11) is 0. The number of nitrogens with one attached hydrogen (secondary N) is 1. The first-order valence-corrected chi connectivity index (χ1v) is 10.4. The first-order valence-electron chi connectivity index (χ1n) is 10.4. The third-order valence-corrected chi connectivity index (χ3v) is 4.56. The van der Waals surface area contributed by atoms with Crippen molar-refractivity contribution < 1.29 is 28.7 Å². The van der Waals surface area contributed by atoms with Crippen molar-refractivity contribution in [1.29, 1.82) is 0 Å². The van der Waals surface area contributed by atoms with Gasteiger partial charge in [-0.2, -0.15) is 0 Å². The van der Waals surface area contributed by atoms with Gasteiger partial charge in [0.2, 0.25) is 0 Å². The molecule has 0 atom stereocenters. The number of hydrogen-bond acceptors (Lipinski definition) is 7. The average molecular weight is 436 g/mol. The summed E-state index contributed by atoms with van der Waals surface area (Å²) in [6.45, 7) is 4.48. The number of carbonyl (C=O) groups excluding carboxylic acids is 4. The van der Waals surface area contributed by atoms with Crippen LogP contribution in [0.5, 0.6) is 0 Å². The highest BCUT2D eigenvalue weighted by atomic mass is 16.5. The number of ether oxygens (including phenoxy) is 2. The maximum atomic E-state index is 12.8. The Morgan fingerprint density at radius 2 is 1.31 bits per heavy atom. The molecule has 0 saturated carbocycles. The zero-order valence-corrected chi connectivity index (χ0v) is 17.9. The molecule has 2 aromatic carbocycles. The summed E-state index contributed by atoms with van der Waals surface area (Å²) >= 11 is 0. The van der Waals surface area contributed by atoms with Crippen LogP contribution in [0.25, 0.3) is 0 Å². The molecule has 1 aliphatic rings. The van der Waals surface area contributed by atoms with Crippen molar-refractivity contribution in [2.75, 3.05) is 23.4 Å². The molecule has 8 heteroatoms. The van der Waals surface area contributed by atoms with Crippen molar-refractivity contribution in [1.82, 2.24) is 0 Å². The van der Waals surface area contributed by atoms with Crippen LogP contribution in [0.2, 0.25) is 0 Å². The van der Waals surface area contributed by atoms with E-state index in [0.717, 1.165) is 11.3 Å². The Balaban J connectivity index is 1.66. The summed E-state index contributed by atoms with van der Waals surface area (Å²) in [6, 6.07) is 12.5. The van der Waals surface area contributed by atoms with Crippen LogP contribution in [0, 0.1) is 0 Å². The Labute approximate surface area is 185 Å². The van der Waals surface area contributed by atoms with Gasteiger partial charge in [0.1, 0.15) is 5.70 Å². The topological polar surface area (TPSA) is 102 Å². The standard InChI is InChI=1S/C24H24N2O6/c1-3-13-31-23(29)16-5-9-18(10-6-16)25-20-15-21(27)26(22(20)28)19-11-7-17(8-12-19)24(30)32-14-4-2/h5-12,15,25H,3-4,13-14H2,1-2H3. The highest BCUT2D eigenvalue weighted by Crippen LogP contribution is 2.24. The lowest BCUT2D eigenvalue weighted by Crippen LogP contribution is -2.31. The van der Waals surface area contributed by atoms with Gasteiger partial charge >= 0.3 is 11.9 Å². The molecule has 0 aliphatic carbocycles. The lowest BCUT2D eigenvalue weighted by atomic mass is 10.2. The Hall–Kier alpha value is -3.94. The lowest BCUT2D eigenvalue weighted by molar-refractivity contribution is -0.120. The van der Waals surface area contributed by atoms with Crippen LogP contribution in [0.3, 0.4) is 0 Å². The minimum Gasteiger partial charge on any atom is -0.462 e. The predicted molar refractivity (Wildman–Crippen MR) is 118 cm³/mol. The monoisotopic (exact) mass is 436 g/mol. The zero-order valence-electron chi connectivity index (χ0n) is 17.9. The average Bonchev–Trinajstić information content (AvgIpc) is 3.09. The van der Waals surface area contributed by atoms with Gasteiger partial charge in [0.25, 0.3) is 11.8 Å². The van der Waals surface area contributed by atoms with Crippen molar-refractivity contribution in [3.63, 3.8) is 0 Å². The highest BCUT2D eigenvalue weighted by molar-refractivity contribution is 6.31. The SMILES string of the molecule is CCCOC(=O)c1ccc(NC2=CC(=O)N(c3ccc(C(=O)OCCC)cc3)C2=O)cc1. The van der Waals surface area contributed by atoms with E-state index in [9.17, 15) is 19.2 Å². The molecule has 0 aromatic heterocycles. The van der Waals surface area contributed by atoms with Gasteiger partial charge in [-0.3, -0.25) is 9.59 Å². The second kappa shape index (κ2) is 10.4. The number of nitrogens with zero attached hydrogens (tertiary/aromatic N) is 1. The van der Waals surface area contributed by atoms with Crippen LogP contribution < -0.4 is 10.2 Å². The summed E-state index contributed by atoms with van der Waals surface area (Å²) < 4.78 is 10.2. The van der Waals surface area contributed by atoms with Crippen LogP contribution >= 0.6 is 0 Å². The van der Waals surface area contributed by atoms with Gasteiger partial charge in [-0.15, -0.1) is 0 Å². The molecule has 1 N–H and O–H groups in total. The number of hydrogen-bond donors (Lipinski definition) is 1. The van der Waals surface area contributed by atoms with E-state index in [-0.39, 0.29) is 5.70 Å². The van der Waals surface area contributed by atoms with E-state index < -0.39 is 23.8 Å². The summed E-state index contributed by atoms with van der Waals surface area (Å²) in [5.74, 6) is -1.90. The molecule has 1 heterocycles. The normalized spacial score (nSPS) is 13.1. The summed E-state index contributed by atoms with van der Waals surface area (Å²) in [6.07, 6.45) is 2.65. The molecule has 3 rings (SSSR count). The van der Waals surface area contributed by atoms with E-state index in [1.807, 2.05) is 13.8 Å². The third-order valence-electron chi connectivity index (χ3n) is 4.56. The van der Waals surface area contributed by atoms with E-state index in [1.165, 1.54) is 30.3 Å². The fraction of sp³-hybridized carbons (Fsp3) is 0.250. The van der Waals surface area contributed by atoms with E-state index >= 15 is 0 Å². The molecule has 0 spiro atoms. The maximum absolute atomic E-state index is 12.8. The van der Waals surface area contributed by atoms with Gasteiger partial charge in [0, 0.05) is 11.8 Å². The second-order valence-corrected chi connectivity index (χ2v) is 7.06. The van der Waals surface area contributed by atoms with Gasteiger partial charge < -0.3 is 14.8 Å². The van der Waals surface area contributed by atoms with E-state index in [4.69, 9.17) is 9.47 Å². The smallest absolute Gasteiger partial charge is 0.338 e. The zero-order chi connectivity index (χ0) is 23.1. The molecule has 2 aromatic rings. The molecule has 166 valence electrons. The minimum atomic E-state index is -0.525. The van der Waals surface area contributed by atoms with Gasteiger partial charge in [0.05, 0.1) is 30.0 Å². The Kier molecular flexibility index (Phi) is 7.38. The number of anilines is 2. The van der Waals surface area contributed by atoms with Crippen molar-refractivity contribution in [3.05, 3.63) is 71.4 Å². The maximum Gasteiger partial charge on any atom is 0.338 e. The second-order valence-electron chi connectivity index (χ2n) is 7.06. The molecule has 0 unspecified atom stereocenters. The number of esters is 2. The van der Waals surface area contributed by atoms with E-state index in [2.05, 4.69) is 5.32 Å². The van der Waals surface area contributed by atoms with Crippen LogP contribution in [-0.4, -0.2) is 37.0 Å². The first-order chi connectivity index (χ1) is 15.4. The molecule has 32 heavy (non-hydrogen) atoms. The summed E-state index contributed by atoms with van der Waals surface area (Å²) in [5, 5.41) is 2.91. The molecule has 2 amide bonds. The quantitative estimate of drug-likeness (QED) is 0.472. The van der Waals surface area contributed by atoms with Crippen molar-refractivity contribution in [3.8, 4) is 0 Å². The Morgan fingerprint density at radius 3 is 1.81 bits per heavy atom. The number of amides is 2. The fourth-order valence-electron chi connectivity index (χ4n) is 2.95. The van der Waals surface area contributed by atoms with Gasteiger partial charge in [-0.1, -0.05) is 13.8 Å². The Morgan fingerprint density at radius 1 is 0.812 bits per heavy atom. The Bertz CT molecular complexity index is 1040. The van der Waals surface area contributed by atoms with Gasteiger partial charge in [-0.05, 0) is 61.4 Å².